The van der Waals surface area contributed by atoms with Crippen molar-refractivity contribution in [2.24, 2.45) is 50.7 Å². The van der Waals surface area contributed by atoms with Crippen LogP contribution in [0.25, 0.3) is 0 Å². The van der Waals surface area contributed by atoms with Gasteiger partial charge in [-0.15, -0.1) is 0 Å². The Morgan fingerprint density at radius 3 is 2.33 bits per heavy atom. The Kier molecular flexibility index (Phi) is 7.68. The van der Waals surface area contributed by atoms with E-state index < -0.39 is 54.8 Å². The molecule has 258 valence electrons. The number of aliphatic hydroxyl groups is 4. The van der Waals surface area contributed by atoms with E-state index in [4.69, 9.17) is 14.2 Å². The topological polar surface area (TPSA) is 163 Å². The van der Waals surface area contributed by atoms with E-state index in [1.165, 1.54) is 0 Å². The summed E-state index contributed by atoms with van der Waals surface area (Å²) in [6, 6.07) is 0. The molecule has 2 aliphatic heterocycles. The molecule has 10 heteroatoms. The number of cyclic esters (lactones) is 1. The smallest absolute Gasteiger partial charge is 0.333 e. The van der Waals surface area contributed by atoms with Crippen LogP contribution in [0.5, 0.6) is 0 Å². The van der Waals surface area contributed by atoms with Gasteiger partial charge in [0.25, 0.3) is 0 Å². The molecule has 5 saturated carbocycles. The number of aliphatic carboxylic acids is 1. The van der Waals surface area contributed by atoms with Crippen molar-refractivity contribution in [2.45, 2.75) is 142 Å². The number of carbonyl (C=O) groups is 2. The van der Waals surface area contributed by atoms with E-state index >= 15 is 0 Å². The number of aliphatic hydroxyl groups excluding tert-OH is 4. The van der Waals surface area contributed by atoms with Gasteiger partial charge in [-0.05, 0) is 117 Å². The van der Waals surface area contributed by atoms with Crippen LogP contribution in [0.4, 0.5) is 0 Å². The zero-order chi connectivity index (χ0) is 33.2. The normalized spacial score (nSPS) is 55.2. The number of carboxylic acids is 1. The minimum Gasteiger partial charge on any atom is -0.481 e. The third kappa shape index (κ3) is 4.09. The second-order valence-corrected chi connectivity index (χ2v) is 17.0. The SMILES string of the molecule is CC1=CC[C@@H]([C@H](C)[C@@H]2CC[C@@]3(C)[C@H]4CC[C@H]5[C@](C)(C(=O)O)[C@@H](O[C@H]6O[C@@H](CO)[C@@H](O)[C@@H](O)[C@H]6O)CC[C@]56C[C@]46CC[C@]23C)OC1=O. The van der Waals surface area contributed by atoms with Crippen LogP contribution in [0.2, 0.25) is 0 Å². The third-order valence-corrected chi connectivity index (χ3v) is 15.8. The van der Waals surface area contributed by atoms with Gasteiger partial charge in [-0.3, -0.25) is 4.79 Å². The number of hydrogen-bond donors (Lipinski definition) is 5. The maximum absolute atomic E-state index is 13.3. The summed E-state index contributed by atoms with van der Waals surface area (Å²) in [5.41, 5.74) is -0.273. The van der Waals surface area contributed by atoms with Gasteiger partial charge in [-0.25, -0.2) is 4.79 Å². The Morgan fingerprint density at radius 1 is 0.957 bits per heavy atom. The average Bonchev–Trinajstić information content (AvgIpc) is 3.61. The number of rotatable bonds is 6. The number of carboxylic acid groups (broad SMARTS) is 1. The summed E-state index contributed by atoms with van der Waals surface area (Å²) in [6.45, 7) is 10.3. The zero-order valence-electron chi connectivity index (χ0n) is 28.0. The Morgan fingerprint density at radius 2 is 1.65 bits per heavy atom. The third-order valence-electron chi connectivity index (χ3n) is 15.8. The van der Waals surface area contributed by atoms with Crippen LogP contribution in [-0.2, 0) is 23.8 Å². The van der Waals surface area contributed by atoms with Crippen molar-refractivity contribution >= 4 is 11.9 Å². The Bertz CT molecular complexity index is 1300. The highest BCUT2D eigenvalue weighted by atomic mass is 16.7. The van der Waals surface area contributed by atoms with Crippen LogP contribution in [0.15, 0.2) is 11.6 Å². The van der Waals surface area contributed by atoms with Gasteiger partial charge in [0.1, 0.15) is 30.5 Å². The molecule has 2 heterocycles. The predicted molar refractivity (Wildman–Crippen MR) is 165 cm³/mol. The molecular formula is C36H54O10. The van der Waals surface area contributed by atoms with Gasteiger partial charge in [-0.2, -0.15) is 0 Å². The van der Waals surface area contributed by atoms with Crippen molar-refractivity contribution in [1.82, 2.24) is 0 Å². The maximum atomic E-state index is 13.3. The maximum Gasteiger partial charge on any atom is 0.333 e. The van der Waals surface area contributed by atoms with E-state index in [9.17, 15) is 35.1 Å². The average molecular weight is 647 g/mol. The molecule has 7 aliphatic rings. The highest BCUT2D eigenvalue weighted by molar-refractivity contribution is 5.88. The number of fused-ring (bicyclic) bond motifs is 2. The van der Waals surface area contributed by atoms with Gasteiger partial charge >= 0.3 is 11.9 Å². The first kappa shape index (κ1) is 33.0. The molecular weight excluding hydrogens is 592 g/mol. The molecule has 0 aromatic heterocycles. The first-order valence-electron chi connectivity index (χ1n) is 17.7. The summed E-state index contributed by atoms with van der Waals surface area (Å²) in [5, 5.41) is 51.8. The van der Waals surface area contributed by atoms with Crippen LogP contribution in [0, 0.1) is 50.7 Å². The molecule has 1 saturated heterocycles. The number of carbonyl (C=O) groups excluding carboxylic acids is 1. The van der Waals surface area contributed by atoms with Crippen molar-refractivity contribution in [3.63, 3.8) is 0 Å². The first-order chi connectivity index (χ1) is 21.6. The fourth-order valence-corrected chi connectivity index (χ4v) is 13.0. The van der Waals surface area contributed by atoms with Gasteiger partial charge in [0.15, 0.2) is 6.29 Å². The van der Waals surface area contributed by atoms with Gasteiger partial charge < -0.3 is 39.7 Å². The minimum atomic E-state index is -1.58. The molecule has 7 rings (SSSR count). The van der Waals surface area contributed by atoms with E-state index in [1.54, 1.807) is 6.92 Å². The number of esters is 1. The van der Waals surface area contributed by atoms with Gasteiger partial charge in [-0.1, -0.05) is 26.8 Å². The van der Waals surface area contributed by atoms with Crippen LogP contribution < -0.4 is 0 Å². The number of hydrogen-bond acceptors (Lipinski definition) is 9. The molecule has 0 amide bonds. The summed E-state index contributed by atoms with van der Waals surface area (Å²) >= 11 is 0. The summed E-state index contributed by atoms with van der Waals surface area (Å²) in [5.74, 6) is 0.0206. The Labute approximate surface area is 271 Å². The second-order valence-electron chi connectivity index (χ2n) is 17.0. The first-order valence-corrected chi connectivity index (χ1v) is 17.7. The van der Waals surface area contributed by atoms with Crippen molar-refractivity contribution in [3.8, 4) is 0 Å². The van der Waals surface area contributed by atoms with Crippen LogP contribution in [-0.4, -0.2) is 87.0 Å². The van der Waals surface area contributed by atoms with Crippen LogP contribution >= 0.6 is 0 Å². The molecule has 0 bridgehead atoms. The van der Waals surface area contributed by atoms with Crippen molar-refractivity contribution in [3.05, 3.63) is 11.6 Å². The molecule has 0 unspecified atom stereocenters. The van der Waals surface area contributed by atoms with E-state index in [0.717, 1.165) is 57.8 Å². The van der Waals surface area contributed by atoms with E-state index in [2.05, 4.69) is 20.8 Å². The molecule has 16 atom stereocenters. The molecule has 0 radical (unpaired) electrons. The molecule has 6 fully saturated rings. The molecule has 0 aromatic carbocycles. The Hall–Kier alpha value is -1.56. The lowest BCUT2D eigenvalue weighted by molar-refractivity contribution is -0.326. The van der Waals surface area contributed by atoms with E-state index in [1.807, 2.05) is 13.0 Å². The fraction of sp³-hybridized carbons (Fsp3) is 0.889. The van der Waals surface area contributed by atoms with Gasteiger partial charge in [0, 0.05) is 12.0 Å². The largest absolute Gasteiger partial charge is 0.481 e. The second kappa shape index (κ2) is 10.7. The van der Waals surface area contributed by atoms with Crippen LogP contribution in [0.3, 0.4) is 0 Å². The highest BCUT2D eigenvalue weighted by Crippen LogP contribution is 2.89. The van der Waals surface area contributed by atoms with Crippen molar-refractivity contribution in [2.75, 3.05) is 6.61 Å². The van der Waals surface area contributed by atoms with E-state index in [0.29, 0.717) is 23.8 Å². The monoisotopic (exact) mass is 646 g/mol. The fourth-order valence-electron chi connectivity index (χ4n) is 13.0. The van der Waals surface area contributed by atoms with Crippen molar-refractivity contribution < 1.29 is 49.3 Å². The van der Waals surface area contributed by atoms with Gasteiger partial charge in [0.2, 0.25) is 0 Å². The molecule has 5 aliphatic carbocycles. The lowest BCUT2D eigenvalue weighted by Gasteiger charge is -2.63. The summed E-state index contributed by atoms with van der Waals surface area (Å²) in [6.07, 6.45) is 3.43. The molecule has 46 heavy (non-hydrogen) atoms. The van der Waals surface area contributed by atoms with E-state index in [-0.39, 0.29) is 45.6 Å². The Balaban J connectivity index is 1.13. The standard InChI is InChI=1S/C36H54O10/c1-18-6-7-21(44-29(18)41)19(2)20-10-12-33(4)23-8-9-24-34(5,31(42)43)25(46-30-28(40)27(39)26(38)22(16-37)45-30)11-13-35(24)17-36(23,35)15-14-32(20,33)3/h6,19-28,30,37-40H,7-17H2,1-5H3,(H,42,43)/t19-,20+,21+,22+,23-,24+,25+,26-,27-,28-,30-,32-,33+,34+,35+,36-/m1/s1. The summed E-state index contributed by atoms with van der Waals surface area (Å²) in [7, 11) is 0. The summed E-state index contributed by atoms with van der Waals surface area (Å²) < 4.78 is 17.9. The quantitative estimate of drug-likeness (QED) is 0.213. The molecule has 2 spiro atoms. The minimum absolute atomic E-state index is 0.0758. The molecule has 5 N–H and O–H groups in total. The summed E-state index contributed by atoms with van der Waals surface area (Å²) in [4.78, 5) is 25.7. The van der Waals surface area contributed by atoms with Gasteiger partial charge in [0.05, 0.1) is 18.1 Å². The molecule has 10 nitrogen and oxygen atoms in total. The zero-order valence-corrected chi connectivity index (χ0v) is 28.0. The predicted octanol–water partition coefficient (Wildman–Crippen LogP) is 3.57. The number of ether oxygens (including phenoxy) is 3. The van der Waals surface area contributed by atoms with Crippen LogP contribution in [0.1, 0.15) is 98.8 Å². The lowest BCUT2D eigenvalue weighted by atomic mass is 9.41. The lowest BCUT2D eigenvalue weighted by Crippen LogP contribution is -2.63. The molecule has 0 aromatic rings. The highest BCUT2D eigenvalue weighted by Gasteiger charge is 2.83. The van der Waals surface area contributed by atoms with Crippen molar-refractivity contribution in [1.29, 1.82) is 0 Å².